The van der Waals surface area contributed by atoms with Crippen molar-refractivity contribution in [3.63, 3.8) is 0 Å². The Morgan fingerprint density at radius 2 is 1.25 bits per heavy atom. The Balaban J connectivity index is 0. The molecule has 27 valence electrons. The summed E-state index contributed by atoms with van der Waals surface area (Å²) in [4.78, 5) is 0. The maximum absolute atomic E-state index is 0. The van der Waals surface area contributed by atoms with Gasteiger partial charge in [-0.15, -0.1) is 0 Å². The second kappa shape index (κ2) is 16.6. The van der Waals surface area contributed by atoms with Crippen molar-refractivity contribution in [2.75, 3.05) is 0 Å². The van der Waals surface area contributed by atoms with Crippen LogP contribution < -0.4 is 0 Å². The van der Waals surface area contributed by atoms with E-state index in [2.05, 4.69) is 0 Å². The van der Waals surface area contributed by atoms with Gasteiger partial charge in [-0.2, -0.15) is 0 Å². The van der Waals surface area contributed by atoms with E-state index in [1.807, 2.05) is 0 Å². The molecule has 0 amide bonds. The first-order chi connectivity index (χ1) is 0. The van der Waals surface area contributed by atoms with E-state index in [0.29, 0.717) is 0 Å². The maximum atomic E-state index is 0. The molecular weight excluding hydrogens is 182 g/mol. The SMILES string of the molecule is [Ca+2].[Co].[H-].[H-].[H-].[H-].[Mg+2].[Ni]. The first-order valence-corrected chi connectivity index (χ1v) is 0. The Kier molecular flexibility index (Phi) is 116. The molecule has 0 aromatic carbocycles. The quantitative estimate of drug-likeness (QED) is 0.455. The summed E-state index contributed by atoms with van der Waals surface area (Å²) >= 11 is 0. The molecular formula is H4CaCoMgNi. The molecule has 0 saturated carbocycles. The van der Waals surface area contributed by atoms with Gasteiger partial charge in [0.25, 0.3) is 0 Å². The van der Waals surface area contributed by atoms with Gasteiger partial charge < -0.3 is 5.71 Å². The van der Waals surface area contributed by atoms with E-state index in [1.165, 1.54) is 0 Å². The predicted molar refractivity (Wildman–Crippen MR) is 16.0 cm³/mol. The molecule has 0 spiro atoms. The summed E-state index contributed by atoms with van der Waals surface area (Å²) < 4.78 is 0. The van der Waals surface area contributed by atoms with E-state index in [1.54, 1.807) is 0 Å². The number of rotatable bonds is 0. The monoisotopic (exact) mass is 185 g/mol. The zero-order chi connectivity index (χ0) is 0. The van der Waals surface area contributed by atoms with E-state index in [4.69, 9.17) is 0 Å². The molecule has 0 aliphatic carbocycles. The molecule has 0 nitrogen and oxygen atoms in total. The van der Waals surface area contributed by atoms with Gasteiger partial charge in [0, 0.05) is 33.3 Å². The van der Waals surface area contributed by atoms with E-state index in [0.717, 1.165) is 0 Å². The van der Waals surface area contributed by atoms with Crippen LogP contribution in [-0.4, -0.2) is 60.8 Å². The van der Waals surface area contributed by atoms with Crippen molar-refractivity contribution >= 4 is 60.8 Å². The summed E-state index contributed by atoms with van der Waals surface area (Å²) in [6.45, 7) is 0. The van der Waals surface area contributed by atoms with Gasteiger partial charge in [0.05, 0.1) is 0 Å². The Morgan fingerprint density at radius 3 is 1.25 bits per heavy atom. The standard InChI is InChI=1S/Ca.Co.Mg.Ni.4H/q+2;;+2;;4*-1. The van der Waals surface area contributed by atoms with E-state index >= 15 is 0 Å². The number of hydrogen-bond acceptors (Lipinski definition) is 0. The molecule has 0 atom stereocenters. The summed E-state index contributed by atoms with van der Waals surface area (Å²) in [5.74, 6) is 0. The fourth-order valence-electron chi connectivity index (χ4n) is 0. The van der Waals surface area contributed by atoms with Crippen molar-refractivity contribution < 1.29 is 39.0 Å². The zero-order valence-electron chi connectivity index (χ0n) is 6.06. The third-order valence-electron chi connectivity index (χ3n) is 0. The van der Waals surface area contributed by atoms with Crippen LogP contribution in [0.3, 0.4) is 0 Å². The third-order valence-corrected chi connectivity index (χ3v) is 0. The molecule has 0 N–H and O–H groups in total. The van der Waals surface area contributed by atoms with Crippen LogP contribution >= 0.6 is 0 Å². The first kappa shape index (κ1) is 27.9. The smallest absolute Gasteiger partial charge is 1.00 e. The van der Waals surface area contributed by atoms with Crippen molar-refractivity contribution in [1.82, 2.24) is 0 Å². The minimum atomic E-state index is 0. The molecule has 0 saturated heterocycles. The average molecular weight is 186 g/mol. The topological polar surface area (TPSA) is 0 Å². The van der Waals surface area contributed by atoms with Gasteiger partial charge in [-0.25, -0.2) is 0 Å². The van der Waals surface area contributed by atoms with Crippen LogP contribution in [0.25, 0.3) is 0 Å². The largest absolute Gasteiger partial charge is 2.00 e. The molecule has 1 radical (unpaired) electrons. The summed E-state index contributed by atoms with van der Waals surface area (Å²) in [6, 6.07) is 0. The van der Waals surface area contributed by atoms with Gasteiger partial charge in [0.15, 0.2) is 0 Å². The fourth-order valence-corrected chi connectivity index (χ4v) is 0. The summed E-state index contributed by atoms with van der Waals surface area (Å²) in [7, 11) is 0. The molecule has 0 aromatic rings. The molecule has 0 aromatic heterocycles. The summed E-state index contributed by atoms with van der Waals surface area (Å²) in [5.41, 5.74) is 0. The van der Waals surface area contributed by atoms with Gasteiger partial charge in [-0.05, 0) is 0 Å². The Hall–Kier alpha value is 3.03. The summed E-state index contributed by atoms with van der Waals surface area (Å²) in [5, 5.41) is 0. The zero-order valence-corrected chi connectivity index (χ0v) is 7.72. The van der Waals surface area contributed by atoms with Crippen molar-refractivity contribution in [3.05, 3.63) is 0 Å². The number of hydrogen-bond donors (Lipinski definition) is 0. The average Bonchev–Trinajstić information content (AvgIpc) is 0. The fraction of sp³-hybridized carbons (Fsp3) is 0. The molecule has 0 unspecified atom stereocenters. The van der Waals surface area contributed by atoms with Crippen LogP contribution in [0.4, 0.5) is 0 Å². The van der Waals surface area contributed by atoms with Gasteiger partial charge in [0.1, 0.15) is 0 Å². The van der Waals surface area contributed by atoms with Crippen molar-refractivity contribution in [3.8, 4) is 0 Å². The van der Waals surface area contributed by atoms with Crippen LogP contribution in [0, 0.1) is 0 Å². The second-order valence-electron chi connectivity index (χ2n) is 0. The van der Waals surface area contributed by atoms with Crippen LogP contribution in [0.2, 0.25) is 0 Å². The van der Waals surface area contributed by atoms with Crippen molar-refractivity contribution in [1.29, 1.82) is 0 Å². The van der Waals surface area contributed by atoms with E-state index in [-0.39, 0.29) is 99.8 Å². The summed E-state index contributed by atoms with van der Waals surface area (Å²) in [6.07, 6.45) is 0. The molecule has 0 aliphatic rings. The Morgan fingerprint density at radius 1 is 1.25 bits per heavy atom. The molecule has 4 heavy (non-hydrogen) atoms. The predicted octanol–water partition coefficient (Wildman–Crippen LogP) is -0.317. The molecule has 0 bridgehead atoms. The normalized spacial score (nSPS) is 0. The molecule has 0 heterocycles. The van der Waals surface area contributed by atoms with Crippen LogP contribution in [0.1, 0.15) is 5.71 Å². The van der Waals surface area contributed by atoms with Crippen LogP contribution in [0.5, 0.6) is 0 Å². The van der Waals surface area contributed by atoms with E-state index < -0.39 is 0 Å². The maximum Gasteiger partial charge on any atom is 2.00 e. The van der Waals surface area contributed by atoms with Gasteiger partial charge in [-0.3, -0.25) is 0 Å². The Bertz CT molecular complexity index is 16.0. The van der Waals surface area contributed by atoms with Gasteiger partial charge >= 0.3 is 60.8 Å². The van der Waals surface area contributed by atoms with Crippen molar-refractivity contribution in [2.24, 2.45) is 0 Å². The molecule has 0 fully saturated rings. The second-order valence-corrected chi connectivity index (χ2v) is 0. The van der Waals surface area contributed by atoms with Crippen molar-refractivity contribution in [2.45, 2.75) is 0 Å². The van der Waals surface area contributed by atoms with Crippen LogP contribution in [-0.2, 0) is 33.3 Å². The first-order valence-electron chi connectivity index (χ1n) is 0. The Labute approximate surface area is 98.1 Å². The van der Waals surface area contributed by atoms with E-state index in [9.17, 15) is 0 Å². The van der Waals surface area contributed by atoms with Gasteiger partial charge in [-0.1, -0.05) is 0 Å². The molecule has 0 aliphatic heterocycles. The molecule has 4 heteroatoms. The van der Waals surface area contributed by atoms with Gasteiger partial charge in [0.2, 0.25) is 0 Å². The third kappa shape index (κ3) is 8.90. The minimum Gasteiger partial charge on any atom is -1.00 e. The minimum absolute atomic E-state index is 0. The molecule has 0 rings (SSSR count). The van der Waals surface area contributed by atoms with Crippen LogP contribution in [0.15, 0.2) is 0 Å².